The molecule has 0 bridgehead atoms. The summed E-state index contributed by atoms with van der Waals surface area (Å²) >= 11 is 0. The fourth-order valence-electron chi connectivity index (χ4n) is 1.45. The second-order valence-corrected chi connectivity index (χ2v) is 3.96. The van der Waals surface area contributed by atoms with Crippen LogP contribution in [0, 0.1) is 5.92 Å². The zero-order valence-corrected chi connectivity index (χ0v) is 7.02. The Kier molecular flexibility index (Phi) is 2.02. The van der Waals surface area contributed by atoms with Crippen LogP contribution in [0.4, 0.5) is 0 Å². The molecule has 0 spiro atoms. The number of aliphatic hydroxyl groups is 1. The van der Waals surface area contributed by atoms with Gasteiger partial charge in [-0.25, -0.2) is 0 Å². The lowest BCUT2D eigenvalue weighted by molar-refractivity contribution is 0.0438. The van der Waals surface area contributed by atoms with Crippen LogP contribution in [-0.4, -0.2) is 23.3 Å². The highest BCUT2D eigenvalue weighted by Gasteiger charge is 2.31. The summed E-state index contributed by atoms with van der Waals surface area (Å²) < 4.78 is 0. The molecule has 60 valence electrons. The van der Waals surface area contributed by atoms with Gasteiger partial charge in [0.1, 0.15) is 0 Å². The van der Waals surface area contributed by atoms with Crippen LogP contribution in [0.1, 0.15) is 27.2 Å². The molecule has 0 aliphatic carbocycles. The minimum atomic E-state index is -0.551. The van der Waals surface area contributed by atoms with Gasteiger partial charge in [0, 0.05) is 6.04 Å². The topological polar surface area (TPSA) is 32.3 Å². The molecule has 1 saturated heterocycles. The molecule has 2 heteroatoms. The van der Waals surface area contributed by atoms with Crippen molar-refractivity contribution < 1.29 is 5.11 Å². The molecule has 10 heavy (non-hydrogen) atoms. The standard InChI is InChI=1S/C8H17NO/c1-6-4-7(9-5-6)8(2,3)10/h6-7,9-10H,4-5H2,1-3H3/t6-,7-/m0/s1. The lowest BCUT2D eigenvalue weighted by Crippen LogP contribution is -2.42. The zero-order chi connectivity index (χ0) is 7.78. The van der Waals surface area contributed by atoms with Crippen LogP contribution in [-0.2, 0) is 0 Å². The van der Waals surface area contributed by atoms with Crippen LogP contribution in [0.2, 0.25) is 0 Å². The summed E-state index contributed by atoms with van der Waals surface area (Å²) in [5.74, 6) is 0.719. The molecular formula is C8H17NO. The molecule has 2 atom stereocenters. The summed E-state index contributed by atoms with van der Waals surface area (Å²) in [6.07, 6.45) is 1.10. The monoisotopic (exact) mass is 143 g/mol. The van der Waals surface area contributed by atoms with Crippen molar-refractivity contribution in [2.45, 2.75) is 38.8 Å². The summed E-state index contributed by atoms with van der Waals surface area (Å²) in [6, 6.07) is 0.294. The largest absolute Gasteiger partial charge is 0.389 e. The van der Waals surface area contributed by atoms with Crippen LogP contribution >= 0.6 is 0 Å². The molecule has 0 saturated carbocycles. The van der Waals surface area contributed by atoms with Gasteiger partial charge in [-0.2, -0.15) is 0 Å². The van der Waals surface area contributed by atoms with Gasteiger partial charge in [0.2, 0.25) is 0 Å². The van der Waals surface area contributed by atoms with Crippen molar-refractivity contribution in [3.63, 3.8) is 0 Å². The molecule has 0 amide bonds. The van der Waals surface area contributed by atoms with Crippen molar-refractivity contribution in [1.29, 1.82) is 0 Å². The number of nitrogens with one attached hydrogen (secondary N) is 1. The minimum Gasteiger partial charge on any atom is -0.389 e. The van der Waals surface area contributed by atoms with E-state index in [0.717, 1.165) is 18.9 Å². The van der Waals surface area contributed by atoms with Gasteiger partial charge in [-0.1, -0.05) is 6.92 Å². The maximum Gasteiger partial charge on any atom is 0.0744 e. The maximum atomic E-state index is 9.57. The second kappa shape index (κ2) is 2.51. The first-order chi connectivity index (χ1) is 4.50. The van der Waals surface area contributed by atoms with E-state index in [9.17, 15) is 5.11 Å². The van der Waals surface area contributed by atoms with Gasteiger partial charge in [-0.3, -0.25) is 0 Å². The highest BCUT2D eigenvalue weighted by molar-refractivity contribution is 4.90. The van der Waals surface area contributed by atoms with Gasteiger partial charge >= 0.3 is 0 Å². The Morgan fingerprint density at radius 1 is 1.50 bits per heavy atom. The average molecular weight is 143 g/mol. The lowest BCUT2D eigenvalue weighted by Gasteiger charge is -2.25. The minimum absolute atomic E-state index is 0.294. The van der Waals surface area contributed by atoms with Crippen LogP contribution in [0.25, 0.3) is 0 Å². The van der Waals surface area contributed by atoms with E-state index in [0.29, 0.717) is 6.04 Å². The van der Waals surface area contributed by atoms with Crippen LogP contribution in [0.3, 0.4) is 0 Å². The van der Waals surface area contributed by atoms with Crippen LogP contribution in [0.15, 0.2) is 0 Å². The van der Waals surface area contributed by atoms with Gasteiger partial charge < -0.3 is 10.4 Å². The molecule has 0 radical (unpaired) electrons. The van der Waals surface area contributed by atoms with E-state index in [2.05, 4.69) is 12.2 Å². The smallest absolute Gasteiger partial charge is 0.0744 e. The van der Waals surface area contributed by atoms with E-state index in [-0.39, 0.29) is 0 Å². The molecule has 2 N–H and O–H groups in total. The van der Waals surface area contributed by atoms with Crippen molar-refractivity contribution >= 4 is 0 Å². The Bertz CT molecular complexity index is 117. The fourth-order valence-corrected chi connectivity index (χ4v) is 1.45. The van der Waals surface area contributed by atoms with E-state index in [1.807, 2.05) is 13.8 Å². The summed E-state index contributed by atoms with van der Waals surface area (Å²) in [5, 5.41) is 12.9. The highest BCUT2D eigenvalue weighted by atomic mass is 16.3. The first-order valence-corrected chi connectivity index (χ1v) is 3.96. The normalized spacial score (nSPS) is 34.8. The second-order valence-electron chi connectivity index (χ2n) is 3.96. The van der Waals surface area contributed by atoms with Crippen molar-refractivity contribution in [2.75, 3.05) is 6.54 Å². The number of rotatable bonds is 1. The average Bonchev–Trinajstić information content (AvgIpc) is 2.11. The maximum absolute atomic E-state index is 9.57. The molecule has 0 aromatic heterocycles. The number of hydrogen-bond acceptors (Lipinski definition) is 2. The number of hydrogen-bond donors (Lipinski definition) is 2. The molecule has 1 heterocycles. The van der Waals surface area contributed by atoms with Crippen molar-refractivity contribution in [3.8, 4) is 0 Å². The van der Waals surface area contributed by atoms with Crippen LogP contribution in [0.5, 0.6) is 0 Å². The first-order valence-electron chi connectivity index (χ1n) is 3.96. The van der Waals surface area contributed by atoms with Gasteiger partial charge in [-0.05, 0) is 32.7 Å². The Morgan fingerprint density at radius 3 is 2.30 bits per heavy atom. The quantitative estimate of drug-likeness (QED) is 0.568. The van der Waals surface area contributed by atoms with Gasteiger partial charge in [0.05, 0.1) is 5.60 Å². The Balaban J connectivity index is 2.45. The summed E-state index contributed by atoms with van der Waals surface area (Å²) in [6.45, 7) is 6.98. The Labute approximate surface area is 62.6 Å². The van der Waals surface area contributed by atoms with E-state index in [1.54, 1.807) is 0 Å². The van der Waals surface area contributed by atoms with Crippen molar-refractivity contribution in [3.05, 3.63) is 0 Å². The molecule has 1 fully saturated rings. The van der Waals surface area contributed by atoms with E-state index in [1.165, 1.54) is 0 Å². The zero-order valence-electron chi connectivity index (χ0n) is 7.02. The molecule has 0 unspecified atom stereocenters. The molecule has 2 nitrogen and oxygen atoms in total. The molecule has 0 aromatic rings. The first kappa shape index (κ1) is 8.02. The Hall–Kier alpha value is -0.0800. The lowest BCUT2D eigenvalue weighted by atomic mass is 9.95. The Morgan fingerprint density at radius 2 is 2.10 bits per heavy atom. The molecule has 0 aromatic carbocycles. The predicted molar refractivity (Wildman–Crippen MR) is 41.9 cm³/mol. The van der Waals surface area contributed by atoms with Crippen molar-refractivity contribution in [2.24, 2.45) is 5.92 Å². The third-order valence-electron chi connectivity index (χ3n) is 2.20. The van der Waals surface area contributed by atoms with E-state index >= 15 is 0 Å². The molecule has 1 aliphatic rings. The summed E-state index contributed by atoms with van der Waals surface area (Å²) in [5.41, 5.74) is -0.551. The third kappa shape index (κ3) is 1.70. The summed E-state index contributed by atoms with van der Waals surface area (Å²) in [4.78, 5) is 0. The van der Waals surface area contributed by atoms with E-state index in [4.69, 9.17) is 0 Å². The SMILES string of the molecule is C[C@@H]1CN[C@H](C(C)(C)O)C1. The van der Waals surface area contributed by atoms with Gasteiger partial charge in [-0.15, -0.1) is 0 Å². The van der Waals surface area contributed by atoms with Crippen molar-refractivity contribution in [1.82, 2.24) is 5.32 Å². The predicted octanol–water partition coefficient (Wildman–Crippen LogP) is 0.755. The highest BCUT2D eigenvalue weighted by Crippen LogP contribution is 2.21. The van der Waals surface area contributed by atoms with Gasteiger partial charge in [0.25, 0.3) is 0 Å². The molecule has 1 aliphatic heterocycles. The van der Waals surface area contributed by atoms with Crippen LogP contribution < -0.4 is 5.32 Å². The molecular weight excluding hydrogens is 126 g/mol. The summed E-state index contributed by atoms with van der Waals surface area (Å²) in [7, 11) is 0. The third-order valence-corrected chi connectivity index (χ3v) is 2.20. The molecule has 1 rings (SSSR count). The van der Waals surface area contributed by atoms with E-state index < -0.39 is 5.60 Å². The van der Waals surface area contributed by atoms with Gasteiger partial charge in [0.15, 0.2) is 0 Å². The fraction of sp³-hybridized carbons (Fsp3) is 1.00.